The van der Waals surface area contributed by atoms with E-state index in [0.29, 0.717) is 6.42 Å². The Morgan fingerprint density at radius 3 is 2.53 bits per heavy atom. The average Bonchev–Trinajstić information content (AvgIpc) is 2.81. The summed E-state index contributed by atoms with van der Waals surface area (Å²) in [6.45, 7) is 3.47. The van der Waals surface area contributed by atoms with Crippen LogP contribution in [0.1, 0.15) is 25.8 Å². The van der Waals surface area contributed by atoms with Crippen LogP contribution in [-0.4, -0.2) is 16.6 Å². The third kappa shape index (κ3) is 1.53. The summed E-state index contributed by atoms with van der Waals surface area (Å²) in [6.07, 6.45) is 0.554. The van der Waals surface area contributed by atoms with Crippen molar-refractivity contribution >= 4 is 5.69 Å². The molecule has 0 heterocycles. The zero-order chi connectivity index (χ0) is 12.8. The first-order valence-corrected chi connectivity index (χ1v) is 5.40. The summed E-state index contributed by atoms with van der Waals surface area (Å²) < 4.78 is 13.9. The van der Waals surface area contributed by atoms with E-state index in [0.717, 1.165) is 0 Å². The van der Waals surface area contributed by atoms with Gasteiger partial charge in [0, 0.05) is 11.5 Å². The molecule has 1 saturated carbocycles. The SMILES string of the molecule is CC1(C)CC1(CO)c1c(F)cccc1[N+](=O)[O-]. The van der Waals surface area contributed by atoms with Crippen LogP contribution in [0, 0.1) is 21.3 Å². The lowest BCUT2D eigenvalue weighted by atomic mass is 9.87. The predicted octanol–water partition coefficient (Wildman–Crippen LogP) is 2.39. The number of halogens is 1. The molecule has 4 nitrogen and oxygen atoms in total. The minimum absolute atomic E-state index is 0.0394. The summed E-state index contributed by atoms with van der Waals surface area (Å²) in [7, 11) is 0. The van der Waals surface area contributed by atoms with E-state index in [2.05, 4.69) is 0 Å². The van der Waals surface area contributed by atoms with Gasteiger partial charge in [-0.2, -0.15) is 0 Å². The van der Waals surface area contributed by atoms with Gasteiger partial charge in [-0.1, -0.05) is 19.9 Å². The van der Waals surface area contributed by atoms with Crippen molar-refractivity contribution in [2.75, 3.05) is 6.61 Å². The van der Waals surface area contributed by atoms with Gasteiger partial charge in [0.05, 0.1) is 17.1 Å². The second-order valence-corrected chi connectivity index (χ2v) is 5.19. The predicted molar refractivity (Wildman–Crippen MR) is 60.2 cm³/mol. The molecule has 1 aromatic rings. The van der Waals surface area contributed by atoms with E-state index in [4.69, 9.17) is 0 Å². The normalized spacial score (nSPS) is 25.6. The molecule has 1 aliphatic carbocycles. The first-order valence-electron chi connectivity index (χ1n) is 5.40. The number of aliphatic hydroxyl groups excluding tert-OH is 1. The molecule has 0 amide bonds. The molecule has 1 fully saturated rings. The van der Waals surface area contributed by atoms with Gasteiger partial charge >= 0.3 is 0 Å². The molecule has 1 aromatic carbocycles. The van der Waals surface area contributed by atoms with Crippen molar-refractivity contribution in [2.45, 2.75) is 25.7 Å². The summed E-state index contributed by atoms with van der Waals surface area (Å²) in [5.41, 5.74) is -1.34. The fraction of sp³-hybridized carbons (Fsp3) is 0.500. The Balaban J connectivity index is 2.64. The van der Waals surface area contributed by atoms with Crippen LogP contribution in [-0.2, 0) is 5.41 Å². The molecule has 1 N–H and O–H groups in total. The highest BCUT2D eigenvalue weighted by molar-refractivity contribution is 5.51. The van der Waals surface area contributed by atoms with Crippen LogP contribution < -0.4 is 0 Å². The van der Waals surface area contributed by atoms with Crippen molar-refractivity contribution in [3.63, 3.8) is 0 Å². The highest BCUT2D eigenvalue weighted by atomic mass is 19.1. The maximum Gasteiger partial charge on any atom is 0.276 e. The van der Waals surface area contributed by atoms with E-state index in [1.165, 1.54) is 18.2 Å². The second-order valence-electron chi connectivity index (χ2n) is 5.19. The van der Waals surface area contributed by atoms with E-state index in [1.807, 2.05) is 13.8 Å². The fourth-order valence-corrected chi connectivity index (χ4v) is 2.62. The zero-order valence-electron chi connectivity index (χ0n) is 9.74. The lowest BCUT2D eigenvalue weighted by Crippen LogP contribution is -2.22. The minimum atomic E-state index is -0.819. The van der Waals surface area contributed by atoms with E-state index >= 15 is 0 Å². The molecular formula is C12H14FNO3. The molecule has 0 spiro atoms. The molecule has 17 heavy (non-hydrogen) atoms. The molecule has 1 atom stereocenters. The number of nitro groups is 1. The van der Waals surface area contributed by atoms with E-state index in [-0.39, 0.29) is 23.3 Å². The largest absolute Gasteiger partial charge is 0.395 e. The van der Waals surface area contributed by atoms with Crippen LogP contribution in [0.5, 0.6) is 0 Å². The van der Waals surface area contributed by atoms with Gasteiger partial charge in [-0.05, 0) is 17.9 Å². The van der Waals surface area contributed by atoms with Crippen LogP contribution >= 0.6 is 0 Å². The van der Waals surface area contributed by atoms with Gasteiger partial charge < -0.3 is 5.11 Å². The van der Waals surface area contributed by atoms with Gasteiger partial charge in [0.1, 0.15) is 5.82 Å². The molecule has 1 aliphatic rings. The average molecular weight is 239 g/mol. The van der Waals surface area contributed by atoms with Crippen LogP contribution in [0.2, 0.25) is 0 Å². The van der Waals surface area contributed by atoms with Crippen LogP contribution in [0.4, 0.5) is 10.1 Å². The maximum atomic E-state index is 13.9. The number of hydrogen-bond acceptors (Lipinski definition) is 3. The first-order chi connectivity index (χ1) is 7.85. The summed E-state index contributed by atoms with van der Waals surface area (Å²) >= 11 is 0. The number of benzene rings is 1. The Labute approximate surface area is 98.2 Å². The molecular weight excluding hydrogens is 225 g/mol. The molecule has 92 valence electrons. The Hall–Kier alpha value is -1.49. The van der Waals surface area contributed by atoms with Crippen molar-refractivity contribution in [3.8, 4) is 0 Å². The standard InChI is InChI=1S/C12H14FNO3/c1-11(2)6-12(11,7-15)10-8(13)4-3-5-9(10)14(16)17/h3-5,15H,6-7H2,1-2H3. The fourth-order valence-electron chi connectivity index (χ4n) is 2.62. The number of rotatable bonds is 3. The molecule has 5 heteroatoms. The van der Waals surface area contributed by atoms with Gasteiger partial charge in [-0.3, -0.25) is 10.1 Å². The maximum absolute atomic E-state index is 13.9. The number of nitro benzene ring substituents is 1. The van der Waals surface area contributed by atoms with Gasteiger partial charge in [0.15, 0.2) is 0 Å². The summed E-state index contributed by atoms with van der Waals surface area (Å²) in [5.74, 6) is -0.612. The highest BCUT2D eigenvalue weighted by Gasteiger charge is 2.64. The third-order valence-electron chi connectivity index (χ3n) is 3.85. The molecule has 1 unspecified atom stereocenters. The molecule has 0 aromatic heterocycles. The van der Waals surface area contributed by atoms with Crippen molar-refractivity contribution in [3.05, 3.63) is 39.7 Å². The molecule has 2 rings (SSSR count). The first kappa shape index (κ1) is 12.0. The van der Waals surface area contributed by atoms with Crippen molar-refractivity contribution in [1.29, 1.82) is 0 Å². The van der Waals surface area contributed by atoms with Gasteiger partial charge in [0.25, 0.3) is 5.69 Å². The molecule has 0 saturated heterocycles. The topological polar surface area (TPSA) is 63.4 Å². The second kappa shape index (κ2) is 3.50. The van der Waals surface area contributed by atoms with E-state index in [9.17, 15) is 19.6 Å². The Morgan fingerprint density at radius 2 is 2.12 bits per heavy atom. The zero-order valence-corrected chi connectivity index (χ0v) is 9.74. The van der Waals surface area contributed by atoms with Gasteiger partial charge in [-0.25, -0.2) is 4.39 Å². The number of nitrogens with zero attached hydrogens (tertiary/aromatic N) is 1. The lowest BCUT2D eigenvalue weighted by Gasteiger charge is -2.18. The van der Waals surface area contributed by atoms with E-state index < -0.39 is 16.2 Å². The van der Waals surface area contributed by atoms with E-state index in [1.54, 1.807) is 0 Å². The Bertz CT molecular complexity index is 487. The molecule has 0 aliphatic heterocycles. The van der Waals surface area contributed by atoms with Crippen molar-refractivity contribution in [1.82, 2.24) is 0 Å². The summed E-state index contributed by atoms with van der Waals surface area (Å²) in [4.78, 5) is 10.3. The number of aliphatic hydroxyl groups is 1. The Morgan fingerprint density at radius 1 is 1.53 bits per heavy atom. The van der Waals surface area contributed by atoms with Gasteiger partial charge in [0.2, 0.25) is 0 Å². The third-order valence-corrected chi connectivity index (χ3v) is 3.85. The quantitative estimate of drug-likeness (QED) is 0.650. The Kier molecular flexibility index (Phi) is 2.47. The smallest absolute Gasteiger partial charge is 0.276 e. The van der Waals surface area contributed by atoms with Crippen LogP contribution in [0.25, 0.3) is 0 Å². The highest BCUT2D eigenvalue weighted by Crippen LogP contribution is 2.65. The lowest BCUT2D eigenvalue weighted by molar-refractivity contribution is -0.386. The summed E-state index contributed by atoms with van der Waals surface area (Å²) in [5, 5.41) is 20.4. The molecule has 0 bridgehead atoms. The van der Waals surface area contributed by atoms with Crippen molar-refractivity contribution in [2.24, 2.45) is 5.41 Å². The minimum Gasteiger partial charge on any atom is -0.395 e. The summed E-state index contributed by atoms with van der Waals surface area (Å²) in [6, 6.07) is 3.80. The van der Waals surface area contributed by atoms with Crippen LogP contribution in [0.15, 0.2) is 18.2 Å². The molecule has 0 radical (unpaired) electrons. The van der Waals surface area contributed by atoms with Crippen LogP contribution in [0.3, 0.4) is 0 Å². The number of hydrogen-bond donors (Lipinski definition) is 1. The monoisotopic (exact) mass is 239 g/mol. The van der Waals surface area contributed by atoms with Crippen molar-refractivity contribution < 1.29 is 14.4 Å². The van der Waals surface area contributed by atoms with Gasteiger partial charge in [-0.15, -0.1) is 0 Å².